The zero-order valence-electron chi connectivity index (χ0n) is 13.3. The number of carbonyl (C=O) groups excluding carboxylic acids is 1. The molecule has 1 aromatic carbocycles. The zero-order valence-corrected chi connectivity index (χ0v) is 15.0. The molecule has 2 heterocycles. The molecule has 2 aliphatic rings. The maximum absolute atomic E-state index is 12.5. The van der Waals surface area contributed by atoms with Crippen LogP contribution in [0.1, 0.15) is 37.2 Å². The number of nitrogens with two attached hydrogens (primary N) is 1. The molecule has 0 bridgehead atoms. The van der Waals surface area contributed by atoms with Gasteiger partial charge in [0.15, 0.2) is 0 Å². The number of halogens is 2. The topological polar surface area (TPSA) is 58.4 Å². The van der Waals surface area contributed by atoms with Gasteiger partial charge in [-0.3, -0.25) is 4.79 Å². The summed E-state index contributed by atoms with van der Waals surface area (Å²) in [5, 5.41) is 3.24. The molecule has 0 aromatic heterocycles. The highest BCUT2D eigenvalue weighted by atomic mass is 35.5. The van der Waals surface area contributed by atoms with Gasteiger partial charge in [-0.15, -0.1) is 24.8 Å². The van der Waals surface area contributed by atoms with E-state index in [1.165, 1.54) is 19.4 Å². The van der Waals surface area contributed by atoms with Gasteiger partial charge in [0.2, 0.25) is 5.91 Å². The lowest BCUT2D eigenvalue weighted by atomic mass is 9.94. The van der Waals surface area contributed by atoms with E-state index in [2.05, 4.69) is 10.2 Å². The molecule has 2 aliphatic heterocycles. The molecular weight excluding hydrogens is 333 g/mol. The van der Waals surface area contributed by atoms with Crippen LogP contribution in [0.3, 0.4) is 0 Å². The number of carbonyl (C=O) groups is 1. The Hall–Kier alpha value is -0.810. The van der Waals surface area contributed by atoms with Crippen LogP contribution < -0.4 is 11.1 Å². The molecule has 1 aromatic rings. The number of hydrogen-bond acceptors (Lipinski definition) is 3. The highest BCUT2D eigenvalue weighted by molar-refractivity contribution is 5.85. The SMILES string of the molecule is Cl.Cl.NCC(C(=O)NC1CCN2CCCC2C1)c1ccccc1. The lowest BCUT2D eigenvalue weighted by Gasteiger charge is -2.35. The first-order valence-corrected chi connectivity index (χ1v) is 8.07. The van der Waals surface area contributed by atoms with Crippen molar-refractivity contribution >= 4 is 30.7 Å². The molecule has 3 unspecified atom stereocenters. The van der Waals surface area contributed by atoms with E-state index in [9.17, 15) is 4.79 Å². The van der Waals surface area contributed by atoms with Crippen molar-refractivity contribution in [3.05, 3.63) is 35.9 Å². The number of piperidine rings is 1. The molecule has 2 saturated heterocycles. The standard InChI is InChI=1S/C17H25N3O.2ClH/c18-12-16(13-5-2-1-3-6-13)17(21)19-14-8-10-20-9-4-7-15(20)11-14;;/h1-3,5-6,14-16H,4,7-12,18H2,(H,19,21);2*1H. The third-order valence-corrected chi connectivity index (χ3v) is 4.92. The first-order valence-electron chi connectivity index (χ1n) is 8.07. The lowest BCUT2D eigenvalue weighted by Crippen LogP contribution is -2.49. The second kappa shape index (κ2) is 9.48. The molecule has 0 aliphatic carbocycles. The van der Waals surface area contributed by atoms with Crippen molar-refractivity contribution in [2.75, 3.05) is 19.6 Å². The minimum atomic E-state index is -0.229. The first-order chi connectivity index (χ1) is 10.3. The predicted octanol–water partition coefficient (Wildman–Crippen LogP) is 2.32. The number of nitrogens with zero attached hydrogens (tertiary/aromatic N) is 1. The summed E-state index contributed by atoms with van der Waals surface area (Å²) in [6.45, 7) is 2.72. The second-order valence-electron chi connectivity index (χ2n) is 6.26. The van der Waals surface area contributed by atoms with E-state index in [-0.39, 0.29) is 36.6 Å². The van der Waals surface area contributed by atoms with Crippen molar-refractivity contribution in [3.8, 4) is 0 Å². The van der Waals surface area contributed by atoms with Gasteiger partial charge < -0.3 is 16.0 Å². The number of hydrogen-bond donors (Lipinski definition) is 2. The Kier molecular flexibility index (Phi) is 8.34. The Bertz CT molecular complexity index is 486. The molecule has 3 N–H and O–H groups in total. The van der Waals surface area contributed by atoms with Crippen molar-refractivity contribution in [1.82, 2.24) is 10.2 Å². The van der Waals surface area contributed by atoms with Crippen molar-refractivity contribution in [3.63, 3.8) is 0 Å². The van der Waals surface area contributed by atoms with E-state index in [1.54, 1.807) is 0 Å². The van der Waals surface area contributed by atoms with Gasteiger partial charge in [0, 0.05) is 25.2 Å². The molecular formula is C17H27Cl2N3O. The molecule has 3 rings (SSSR count). The molecule has 0 saturated carbocycles. The van der Waals surface area contributed by atoms with Crippen molar-refractivity contribution in [1.29, 1.82) is 0 Å². The minimum Gasteiger partial charge on any atom is -0.353 e. The fourth-order valence-corrected chi connectivity index (χ4v) is 3.74. The van der Waals surface area contributed by atoms with E-state index in [1.807, 2.05) is 30.3 Å². The number of benzene rings is 1. The van der Waals surface area contributed by atoms with Crippen LogP contribution in [0.2, 0.25) is 0 Å². The van der Waals surface area contributed by atoms with Crippen molar-refractivity contribution in [2.45, 2.75) is 43.7 Å². The summed E-state index contributed by atoms with van der Waals surface area (Å²) in [6.07, 6.45) is 4.75. The van der Waals surface area contributed by atoms with E-state index in [0.29, 0.717) is 18.6 Å². The number of rotatable bonds is 4. The van der Waals surface area contributed by atoms with Gasteiger partial charge in [-0.2, -0.15) is 0 Å². The average molecular weight is 360 g/mol. The Morgan fingerprint density at radius 3 is 2.65 bits per heavy atom. The monoisotopic (exact) mass is 359 g/mol. The quantitative estimate of drug-likeness (QED) is 0.866. The third-order valence-electron chi connectivity index (χ3n) is 4.92. The smallest absolute Gasteiger partial charge is 0.229 e. The Balaban J connectivity index is 0.00000132. The highest BCUT2D eigenvalue weighted by Gasteiger charge is 2.33. The summed E-state index contributed by atoms with van der Waals surface area (Å²) in [5.74, 6) is -0.145. The molecule has 1 amide bonds. The lowest BCUT2D eigenvalue weighted by molar-refractivity contribution is -0.123. The van der Waals surface area contributed by atoms with Crippen LogP contribution in [0.5, 0.6) is 0 Å². The highest BCUT2D eigenvalue weighted by Crippen LogP contribution is 2.27. The maximum atomic E-state index is 12.5. The van der Waals surface area contributed by atoms with Crippen molar-refractivity contribution < 1.29 is 4.79 Å². The van der Waals surface area contributed by atoms with E-state index < -0.39 is 0 Å². The van der Waals surface area contributed by atoms with Gasteiger partial charge in [-0.25, -0.2) is 0 Å². The third kappa shape index (κ3) is 4.83. The summed E-state index contributed by atoms with van der Waals surface area (Å²) in [4.78, 5) is 15.1. The minimum absolute atomic E-state index is 0. The molecule has 4 nitrogen and oxygen atoms in total. The molecule has 3 atom stereocenters. The van der Waals surface area contributed by atoms with Crippen LogP contribution in [0.15, 0.2) is 30.3 Å². The van der Waals surface area contributed by atoms with Gasteiger partial charge in [0.05, 0.1) is 5.92 Å². The molecule has 6 heteroatoms. The molecule has 2 fully saturated rings. The Morgan fingerprint density at radius 2 is 1.96 bits per heavy atom. The predicted molar refractivity (Wildman–Crippen MR) is 98.5 cm³/mol. The average Bonchev–Trinajstić information content (AvgIpc) is 2.96. The first kappa shape index (κ1) is 20.2. The van der Waals surface area contributed by atoms with E-state index in [0.717, 1.165) is 24.9 Å². The Morgan fingerprint density at radius 1 is 1.22 bits per heavy atom. The van der Waals surface area contributed by atoms with Crippen LogP contribution in [-0.2, 0) is 4.79 Å². The molecule has 23 heavy (non-hydrogen) atoms. The van der Waals surface area contributed by atoms with Crippen LogP contribution >= 0.6 is 24.8 Å². The molecule has 0 radical (unpaired) electrons. The fourth-order valence-electron chi connectivity index (χ4n) is 3.74. The maximum Gasteiger partial charge on any atom is 0.229 e. The van der Waals surface area contributed by atoms with Gasteiger partial charge >= 0.3 is 0 Å². The second-order valence-corrected chi connectivity index (χ2v) is 6.26. The molecule has 0 spiro atoms. The van der Waals surface area contributed by atoms with Gasteiger partial charge in [-0.05, 0) is 37.8 Å². The largest absolute Gasteiger partial charge is 0.353 e. The van der Waals surface area contributed by atoms with Gasteiger partial charge in [0.1, 0.15) is 0 Å². The number of nitrogens with one attached hydrogen (secondary N) is 1. The van der Waals surface area contributed by atoms with Crippen LogP contribution in [-0.4, -0.2) is 42.5 Å². The summed E-state index contributed by atoms with van der Waals surface area (Å²) < 4.78 is 0. The van der Waals surface area contributed by atoms with E-state index in [4.69, 9.17) is 5.73 Å². The summed E-state index contributed by atoms with van der Waals surface area (Å²) in [6, 6.07) is 10.8. The van der Waals surface area contributed by atoms with Crippen LogP contribution in [0.25, 0.3) is 0 Å². The summed E-state index contributed by atoms with van der Waals surface area (Å²) in [5.41, 5.74) is 6.84. The summed E-state index contributed by atoms with van der Waals surface area (Å²) >= 11 is 0. The fraction of sp³-hybridized carbons (Fsp3) is 0.588. The van der Waals surface area contributed by atoms with Crippen LogP contribution in [0.4, 0.5) is 0 Å². The van der Waals surface area contributed by atoms with E-state index >= 15 is 0 Å². The van der Waals surface area contributed by atoms with Crippen molar-refractivity contribution in [2.24, 2.45) is 5.73 Å². The van der Waals surface area contributed by atoms with Gasteiger partial charge in [-0.1, -0.05) is 30.3 Å². The summed E-state index contributed by atoms with van der Waals surface area (Å²) in [7, 11) is 0. The number of fused-ring (bicyclic) bond motifs is 1. The molecule has 130 valence electrons. The number of amides is 1. The Labute approximate surface area is 151 Å². The van der Waals surface area contributed by atoms with Gasteiger partial charge in [0.25, 0.3) is 0 Å². The zero-order chi connectivity index (χ0) is 14.7. The van der Waals surface area contributed by atoms with Crippen LogP contribution in [0, 0.1) is 0 Å². The normalized spacial score (nSPS) is 24.7.